The zero-order valence-corrected chi connectivity index (χ0v) is 10.0. The van der Waals surface area contributed by atoms with E-state index in [0.717, 1.165) is 12.8 Å². The normalized spacial score (nSPS) is 12.9. The lowest BCUT2D eigenvalue weighted by Crippen LogP contribution is -2.26. The molecule has 0 bridgehead atoms. The van der Waals surface area contributed by atoms with Gasteiger partial charge in [0.25, 0.3) is 0 Å². The number of thiophene rings is 1. The predicted molar refractivity (Wildman–Crippen MR) is 64.9 cm³/mol. The molecule has 1 heterocycles. The molecule has 0 saturated carbocycles. The van der Waals surface area contributed by atoms with Crippen molar-refractivity contribution in [3.8, 4) is 0 Å². The Balaban J connectivity index is 2.63. The van der Waals surface area contributed by atoms with Crippen LogP contribution in [0.3, 0.4) is 0 Å². The van der Waals surface area contributed by atoms with Crippen LogP contribution in [0.2, 0.25) is 0 Å². The van der Waals surface area contributed by atoms with Gasteiger partial charge in [0.1, 0.15) is 0 Å². The predicted octanol–water partition coefficient (Wildman–Crippen LogP) is 3.28. The second-order valence-electron chi connectivity index (χ2n) is 3.37. The molecule has 1 unspecified atom stereocenters. The lowest BCUT2D eigenvalue weighted by Gasteiger charge is -2.15. The first kappa shape index (κ1) is 12.0. The van der Waals surface area contributed by atoms with Crippen molar-refractivity contribution in [1.82, 2.24) is 5.32 Å². The lowest BCUT2D eigenvalue weighted by atomic mass is 10.1. The first-order valence-electron chi connectivity index (χ1n) is 5.24. The van der Waals surface area contributed by atoms with E-state index >= 15 is 0 Å². The fraction of sp³-hybridized carbons (Fsp3) is 0.417. The fourth-order valence-corrected chi connectivity index (χ4v) is 2.25. The van der Waals surface area contributed by atoms with E-state index < -0.39 is 0 Å². The van der Waals surface area contributed by atoms with Crippen molar-refractivity contribution in [3.05, 3.63) is 34.5 Å². The third-order valence-corrected chi connectivity index (χ3v) is 3.08. The van der Waals surface area contributed by atoms with Crippen molar-refractivity contribution in [2.75, 3.05) is 0 Å². The zero-order valence-electron chi connectivity index (χ0n) is 9.19. The minimum atomic E-state index is -0.00986. The SMILES string of the molecule is CC=CC(=O)NC(CCC)c1cccs1. The number of hydrogen-bond donors (Lipinski definition) is 1. The molecular weight excluding hydrogens is 206 g/mol. The van der Waals surface area contributed by atoms with Crippen molar-refractivity contribution >= 4 is 17.2 Å². The lowest BCUT2D eigenvalue weighted by molar-refractivity contribution is -0.117. The smallest absolute Gasteiger partial charge is 0.244 e. The third kappa shape index (κ3) is 3.88. The molecule has 0 aromatic carbocycles. The minimum Gasteiger partial charge on any atom is -0.345 e. The van der Waals surface area contributed by atoms with Gasteiger partial charge in [0, 0.05) is 4.88 Å². The monoisotopic (exact) mass is 223 g/mol. The van der Waals surface area contributed by atoms with Gasteiger partial charge in [-0.2, -0.15) is 0 Å². The maximum absolute atomic E-state index is 11.4. The second kappa shape index (κ2) is 6.40. The summed E-state index contributed by atoms with van der Waals surface area (Å²) >= 11 is 1.69. The Morgan fingerprint density at radius 1 is 1.67 bits per heavy atom. The first-order chi connectivity index (χ1) is 7.27. The van der Waals surface area contributed by atoms with Gasteiger partial charge >= 0.3 is 0 Å². The molecule has 1 atom stereocenters. The Labute approximate surface area is 95.0 Å². The number of rotatable bonds is 5. The summed E-state index contributed by atoms with van der Waals surface area (Å²) in [5.41, 5.74) is 0. The van der Waals surface area contributed by atoms with Crippen LogP contribution in [0.1, 0.15) is 37.6 Å². The van der Waals surface area contributed by atoms with E-state index in [0.29, 0.717) is 0 Å². The number of carbonyl (C=O) groups is 1. The van der Waals surface area contributed by atoms with Gasteiger partial charge in [-0.25, -0.2) is 0 Å². The Morgan fingerprint density at radius 2 is 2.47 bits per heavy atom. The van der Waals surface area contributed by atoms with E-state index in [1.807, 2.05) is 18.4 Å². The van der Waals surface area contributed by atoms with Crippen molar-refractivity contribution in [1.29, 1.82) is 0 Å². The molecule has 1 amide bonds. The summed E-state index contributed by atoms with van der Waals surface area (Å²) in [5.74, 6) is -0.00986. The van der Waals surface area contributed by atoms with Crippen LogP contribution >= 0.6 is 11.3 Å². The van der Waals surface area contributed by atoms with E-state index in [-0.39, 0.29) is 11.9 Å². The van der Waals surface area contributed by atoms with Gasteiger partial charge in [0.05, 0.1) is 6.04 Å². The summed E-state index contributed by atoms with van der Waals surface area (Å²) in [6.07, 6.45) is 5.38. The molecule has 82 valence electrons. The van der Waals surface area contributed by atoms with Crippen LogP contribution in [-0.4, -0.2) is 5.91 Å². The number of hydrogen-bond acceptors (Lipinski definition) is 2. The van der Waals surface area contributed by atoms with Gasteiger partial charge in [-0.1, -0.05) is 25.5 Å². The average molecular weight is 223 g/mol. The summed E-state index contributed by atoms with van der Waals surface area (Å²) < 4.78 is 0. The van der Waals surface area contributed by atoms with E-state index in [4.69, 9.17) is 0 Å². The van der Waals surface area contributed by atoms with Crippen LogP contribution in [-0.2, 0) is 4.79 Å². The zero-order chi connectivity index (χ0) is 11.1. The summed E-state index contributed by atoms with van der Waals surface area (Å²) in [5, 5.41) is 5.05. The number of allylic oxidation sites excluding steroid dienone is 1. The molecule has 1 aromatic heterocycles. The number of carbonyl (C=O) groups excluding carboxylic acids is 1. The van der Waals surface area contributed by atoms with Crippen LogP contribution in [0, 0.1) is 0 Å². The molecule has 0 radical (unpaired) electrons. The highest BCUT2D eigenvalue weighted by Gasteiger charge is 2.12. The van der Waals surface area contributed by atoms with Gasteiger partial charge in [0.2, 0.25) is 5.91 Å². The third-order valence-electron chi connectivity index (χ3n) is 2.10. The van der Waals surface area contributed by atoms with E-state index in [1.165, 1.54) is 4.88 Å². The van der Waals surface area contributed by atoms with Crippen molar-refractivity contribution < 1.29 is 4.79 Å². The highest BCUT2D eigenvalue weighted by molar-refractivity contribution is 7.10. The second-order valence-corrected chi connectivity index (χ2v) is 4.34. The molecule has 0 aliphatic heterocycles. The molecule has 1 N–H and O–H groups in total. The van der Waals surface area contributed by atoms with Gasteiger partial charge < -0.3 is 5.32 Å². The molecule has 15 heavy (non-hydrogen) atoms. The largest absolute Gasteiger partial charge is 0.345 e. The molecule has 0 aliphatic carbocycles. The van der Waals surface area contributed by atoms with Gasteiger partial charge in [-0.15, -0.1) is 11.3 Å². The van der Waals surface area contributed by atoms with Crippen molar-refractivity contribution in [2.24, 2.45) is 0 Å². The van der Waals surface area contributed by atoms with Crippen LogP contribution in [0.5, 0.6) is 0 Å². The number of nitrogens with one attached hydrogen (secondary N) is 1. The Bertz CT molecular complexity index is 316. The molecule has 0 saturated heterocycles. The first-order valence-corrected chi connectivity index (χ1v) is 6.12. The summed E-state index contributed by atoms with van der Waals surface area (Å²) in [6.45, 7) is 3.97. The van der Waals surface area contributed by atoms with E-state index in [2.05, 4.69) is 18.3 Å². The van der Waals surface area contributed by atoms with Gasteiger partial charge in [-0.05, 0) is 30.9 Å². The van der Waals surface area contributed by atoms with Crippen LogP contribution < -0.4 is 5.32 Å². The Hall–Kier alpha value is -1.09. The van der Waals surface area contributed by atoms with Crippen LogP contribution in [0.25, 0.3) is 0 Å². The molecule has 1 aromatic rings. The fourth-order valence-electron chi connectivity index (χ4n) is 1.43. The van der Waals surface area contributed by atoms with E-state index in [9.17, 15) is 4.79 Å². The quantitative estimate of drug-likeness (QED) is 0.763. The number of amides is 1. The van der Waals surface area contributed by atoms with Gasteiger partial charge in [-0.3, -0.25) is 4.79 Å². The molecule has 1 rings (SSSR count). The van der Waals surface area contributed by atoms with E-state index in [1.54, 1.807) is 23.5 Å². The molecule has 3 heteroatoms. The molecule has 0 aliphatic rings. The molecule has 0 spiro atoms. The average Bonchev–Trinajstić information content (AvgIpc) is 2.70. The van der Waals surface area contributed by atoms with Crippen molar-refractivity contribution in [2.45, 2.75) is 32.7 Å². The Morgan fingerprint density at radius 3 is 3.00 bits per heavy atom. The van der Waals surface area contributed by atoms with Crippen LogP contribution in [0.4, 0.5) is 0 Å². The molecular formula is C12H17NOS. The maximum Gasteiger partial charge on any atom is 0.244 e. The van der Waals surface area contributed by atoms with Crippen LogP contribution in [0.15, 0.2) is 29.7 Å². The minimum absolute atomic E-state index is 0.00986. The summed E-state index contributed by atoms with van der Waals surface area (Å²) in [7, 11) is 0. The standard InChI is InChI=1S/C12H17NOS/c1-3-6-10(11-8-5-9-15-11)13-12(14)7-4-2/h4-5,7-10H,3,6H2,1-2H3,(H,13,14). The molecule has 2 nitrogen and oxygen atoms in total. The topological polar surface area (TPSA) is 29.1 Å². The van der Waals surface area contributed by atoms with Crippen molar-refractivity contribution in [3.63, 3.8) is 0 Å². The van der Waals surface area contributed by atoms with Gasteiger partial charge in [0.15, 0.2) is 0 Å². The summed E-state index contributed by atoms with van der Waals surface area (Å²) in [6, 6.07) is 4.25. The highest BCUT2D eigenvalue weighted by atomic mass is 32.1. The summed E-state index contributed by atoms with van der Waals surface area (Å²) in [4.78, 5) is 12.7. The molecule has 0 fully saturated rings. The highest BCUT2D eigenvalue weighted by Crippen LogP contribution is 2.22. The Kier molecular flexibility index (Phi) is 5.12. The maximum atomic E-state index is 11.4.